The first kappa shape index (κ1) is 24.4. The van der Waals surface area contributed by atoms with Gasteiger partial charge in [0.2, 0.25) is 5.91 Å². The highest BCUT2D eigenvalue weighted by Gasteiger charge is 2.31. The number of carbonyl (C=O) groups excluding carboxylic acids is 1. The molecule has 0 bridgehead atoms. The molecule has 1 N–H and O–H groups in total. The maximum atomic E-state index is 13.0. The SMILES string of the molecule is CN1CCN(n2c3c(c(SCC(=O)Nc4ccc(OC(F)(F)F)cc4)nc2=O)CCCC3)CC1. The van der Waals surface area contributed by atoms with E-state index >= 15 is 0 Å². The highest BCUT2D eigenvalue weighted by Crippen LogP contribution is 2.29. The molecule has 0 radical (unpaired) electrons. The lowest BCUT2D eigenvalue weighted by molar-refractivity contribution is -0.274. The summed E-state index contributed by atoms with van der Waals surface area (Å²) in [7, 11) is 2.06. The van der Waals surface area contributed by atoms with Gasteiger partial charge in [0.25, 0.3) is 0 Å². The Labute approximate surface area is 199 Å². The van der Waals surface area contributed by atoms with Crippen molar-refractivity contribution in [3.8, 4) is 5.75 Å². The van der Waals surface area contributed by atoms with Crippen LogP contribution < -0.4 is 20.8 Å². The molecule has 12 heteroatoms. The molecule has 1 amide bonds. The van der Waals surface area contributed by atoms with Crippen LogP contribution in [0.15, 0.2) is 34.1 Å². The molecule has 2 aromatic rings. The first-order valence-electron chi connectivity index (χ1n) is 11.1. The molecule has 1 aromatic heterocycles. The number of hydrogen-bond donors (Lipinski definition) is 1. The third kappa shape index (κ3) is 6.03. The first-order valence-corrected chi connectivity index (χ1v) is 12.1. The molecule has 1 aliphatic carbocycles. The lowest BCUT2D eigenvalue weighted by Gasteiger charge is -2.37. The van der Waals surface area contributed by atoms with Gasteiger partial charge in [-0.25, -0.2) is 9.47 Å². The lowest BCUT2D eigenvalue weighted by Crippen LogP contribution is -2.54. The van der Waals surface area contributed by atoms with Gasteiger partial charge < -0.3 is 20.0 Å². The summed E-state index contributed by atoms with van der Waals surface area (Å²) in [6.45, 7) is 3.26. The highest BCUT2D eigenvalue weighted by atomic mass is 32.2. The number of likely N-dealkylation sites (N-methyl/N-ethyl adjacent to an activating group) is 1. The van der Waals surface area contributed by atoms with Crippen LogP contribution >= 0.6 is 11.8 Å². The molecule has 1 fully saturated rings. The standard InChI is InChI=1S/C22H26F3N5O3S/c1-28-10-12-29(13-11-28)30-18-5-3-2-4-17(18)20(27-21(30)32)34-14-19(31)26-15-6-8-16(9-7-15)33-22(23,24)25/h6-9H,2-5,10-14H2,1H3,(H,26,31). The van der Waals surface area contributed by atoms with Crippen molar-refractivity contribution in [2.24, 2.45) is 0 Å². The van der Waals surface area contributed by atoms with Crippen molar-refractivity contribution in [2.45, 2.75) is 37.1 Å². The zero-order valence-corrected chi connectivity index (χ0v) is 19.5. The van der Waals surface area contributed by atoms with E-state index in [4.69, 9.17) is 0 Å². The predicted octanol–water partition coefficient (Wildman–Crippen LogP) is 2.63. The number of amides is 1. The Morgan fingerprint density at radius 1 is 1.12 bits per heavy atom. The quantitative estimate of drug-likeness (QED) is 0.486. The van der Waals surface area contributed by atoms with Gasteiger partial charge in [-0.2, -0.15) is 4.98 Å². The Kier molecular flexibility index (Phi) is 7.36. The number of aromatic nitrogens is 2. The minimum atomic E-state index is -4.77. The number of piperazine rings is 1. The number of rotatable bonds is 6. The van der Waals surface area contributed by atoms with E-state index in [1.165, 1.54) is 23.9 Å². The molecular formula is C22H26F3N5O3S. The van der Waals surface area contributed by atoms with Gasteiger partial charge in [-0.3, -0.25) is 4.79 Å². The second kappa shape index (κ2) is 10.3. The van der Waals surface area contributed by atoms with Gasteiger partial charge in [0, 0.05) is 37.4 Å². The molecule has 1 aliphatic heterocycles. The summed E-state index contributed by atoms with van der Waals surface area (Å²) in [6, 6.07) is 4.93. The van der Waals surface area contributed by atoms with E-state index in [1.54, 1.807) is 4.68 Å². The summed E-state index contributed by atoms with van der Waals surface area (Å²) >= 11 is 1.21. The molecule has 1 aromatic carbocycles. The molecule has 0 spiro atoms. The highest BCUT2D eigenvalue weighted by molar-refractivity contribution is 8.00. The van der Waals surface area contributed by atoms with Crippen molar-refractivity contribution in [1.29, 1.82) is 0 Å². The molecule has 0 atom stereocenters. The summed E-state index contributed by atoms with van der Waals surface area (Å²) in [4.78, 5) is 31.9. The maximum Gasteiger partial charge on any atom is 0.573 e. The second-order valence-electron chi connectivity index (χ2n) is 8.31. The van der Waals surface area contributed by atoms with Gasteiger partial charge in [-0.1, -0.05) is 11.8 Å². The van der Waals surface area contributed by atoms with E-state index in [0.717, 1.165) is 75.3 Å². The maximum absolute atomic E-state index is 13.0. The van der Waals surface area contributed by atoms with Crippen molar-refractivity contribution < 1.29 is 22.7 Å². The number of fused-ring (bicyclic) bond motifs is 1. The number of hydrogen-bond acceptors (Lipinski definition) is 7. The monoisotopic (exact) mass is 497 g/mol. The minimum absolute atomic E-state index is 0.0260. The summed E-state index contributed by atoms with van der Waals surface area (Å²) in [5, 5.41) is 5.28. The summed E-state index contributed by atoms with van der Waals surface area (Å²) < 4.78 is 42.4. The van der Waals surface area contributed by atoms with Crippen LogP contribution in [0.1, 0.15) is 24.1 Å². The van der Waals surface area contributed by atoms with Crippen molar-refractivity contribution in [2.75, 3.05) is 49.3 Å². The fourth-order valence-electron chi connectivity index (χ4n) is 4.15. The topological polar surface area (TPSA) is 79.7 Å². The molecule has 0 unspecified atom stereocenters. The number of thioether (sulfide) groups is 1. The number of carbonyl (C=O) groups is 1. The van der Waals surface area contributed by atoms with E-state index in [-0.39, 0.29) is 23.1 Å². The van der Waals surface area contributed by atoms with E-state index < -0.39 is 6.36 Å². The largest absolute Gasteiger partial charge is 0.573 e. The van der Waals surface area contributed by atoms with E-state index in [0.29, 0.717) is 10.7 Å². The van der Waals surface area contributed by atoms with Gasteiger partial charge >= 0.3 is 12.1 Å². The number of ether oxygens (including phenoxy) is 1. The Morgan fingerprint density at radius 3 is 2.47 bits per heavy atom. The average Bonchev–Trinajstić information content (AvgIpc) is 2.79. The minimum Gasteiger partial charge on any atom is -0.406 e. The molecular weight excluding hydrogens is 471 g/mol. The number of alkyl halides is 3. The molecule has 2 aliphatic rings. The van der Waals surface area contributed by atoms with Crippen molar-refractivity contribution >= 4 is 23.4 Å². The van der Waals surface area contributed by atoms with E-state index in [1.807, 2.05) is 0 Å². The summed E-state index contributed by atoms with van der Waals surface area (Å²) in [5.74, 6) is -0.682. The molecule has 184 valence electrons. The molecule has 34 heavy (non-hydrogen) atoms. The van der Waals surface area contributed by atoms with Gasteiger partial charge in [0.1, 0.15) is 10.8 Å². The van der Waals surface area contributed by atoms with Crippen LogP contribution in [0.5, 0.6) is 5.75 Å². The Hall–Kier alpha value is -2.73. The van der Waals surface area contributed by atoms with Gasteiger partial charge in [-0.15, -0.1) is 13.2 Å². The molecule has 0 saturated carbocycles. The number of benzene rings is 1. The Bertz CT molecular complexity index is 1080. The lowest BCUT2D eigenvalue weighted by atomic mass is 9.97. The van der Waals surface area contributed by atoms with E-state index in [2.05, 4.69) is 32.0 Å². The van der Waals surface area contributed by atoms with Crippen LogP contribution in [0.2, 0.25) is 0 Å². The van der Waals surface area contributed by atoms with Crippen LogP contribution in [0.4, 0.5) is 18.9 Å². The van der Waals surface area contributed by atoms with Crippen molar-refractivity contribution in [3.05, 3.63) is 46.0 Å². The van der Waals surface area contributed by atoms with Gasteiger partial charge in [0.15, 0.2) is 0 Å². The molecule has 2 heterocycles. The zero-order valence-electron chi connectivity index (χ0n) is 18.7. The van der Waals surface area contributed by atoms with Crippen LogP contribution in [-0.4, -0.2) is 65.8 Å². The van der Waals surface area contributed by atoms with Gasteiger partial charge in [-0.05, 0) is 57.0 Å². The van der Waals surface area contributed by atoms with Crippen LogP contribution in [0, 0.1) is 0 Å². The third-order valence-electron chi connectivity index (χ3n) is 5.81. The number of halogens is 3. The van der Waals surface area contributed by atoms with Crippen LogP contribution in [0.3, 0.4) is 0 Å². The summed E-state index contributed by atoms with van der Waals surface area (Å²) in [6.07, 6.45) is -1.16. The Balaban J connectivity index is 1.43. The van der Waals surface area contributed by atoms with Crippen LogP contribution in [0.25, 0.3) is 0 Å². The number of anilines is 1. The fourth-order valence-corrected chi connectivity index (χ4v) is 5.03. The smallest absolute Gasteiger partial charge is 0.406 e. The Morgan fingerprint density at radius 2 is 1.79 bits per heavy atom. The first-order chi connectivity index (χ1) is 16.2. The number of nitrogens with one attached hydrogen (secondary N) is 1. The van der Waals surface area contributed by atoms with Crippen molar-refractivity contribution in [1.82, 2.24) is 14.6 Å². The third-order valence-corrected chi connectivity index (χ3v) is 6.82. The van der Waals surface area contributed by atoms with Crippen molar-refractivity contribution in [3.63, 3.8) is 0 Å². The van der Waals surface area contributed by atoms with Crippen LogP contribution in [-0.2, 0) is 17.6 Å². The zero-order chi connectivity index (χ0) is 24.3. The second-order valence-corrected chi connectivity index (χ2v) is 9.27. The normalized spacial score (nSPS) is 16.8. The van der Waals surface area contributed by atoms with E-state index in [9.17, 15) is 22.8 Å². The summed E-state index contributed by atoms with van der Waals surface area (Å²) in [5.41, 5.74) is 2.03. The average molecular weight is 498 g/mol. The molecule has 8 nitrogen and oxygen atoms in total. The number of nitrogens with zero attached hydrogens (tertiary/aromatic N) is 4. The molecule has 4 rings (SSSR count). The predicted molar refractivity (Wildman–Crippen MR) is 123 cm³/mol. The molecule has 1 saturated heterocycles. The van der Waals surface area contributed by atoms with Gasteiger partial charge in [0.05, 0.1) is 11.4 Å². The fraction of sp³-hybridized carbons (Fsp3) is 0.500.